The number of nitrogens with zero attached hydrogens (tertiary/aromatic N) is 2. The molecule has 1 heterocycles. The summed E-state index contributed by atoms with van der Waals surface area (Å²) in [6, 6.07) is 14.7. The SMILES string of the molecule is CC1CN(C(=O)c2ccc(-c3ccccc3)cc2)CC(C(F)(F)F)N1C. The molecule has 6 heteroatoms. The summed E-state index contributed by atoms with van der Waals surface area (Å²) in [6.07, 6.45) is -4.36. The fraction of sp³-hybridized carbons (Fsp3) is 0.350. The van der Waals surface area contributed by atoms with Gasteiger partial charge in [-0.1, -0.05) is 42.5 Å². The van der Waals surface area contributed by atoms with Gasteiger partial charge in [0.1, 0.15) is 6.04 Å². The number of hydrogen-bond donors (Lipinski definition) is 0. The Balaban J connectivity index is 1.78. The van der Waals surface area contributed by atoms with Crippen molar-refractivity contribution in [3.8, 4) is 11.1 Å². The maximum Gasteiger partial charge on any atom is 0.405 e. The number of benzene rings is 2. The number of rotatable bonds is 2. The van der Waals surface area contributed by atoms with Crippen molar-refractivity contribution < 1.29 is 18.0 Å². The number of halogens is 3. The lowest BCUT2D eigenvalue weighted by Crippen LogP contribution is -2.62. The van der Waals surface area contributed by atoms with E-state index in [0.29, 0.717) is 5.56 Å². The normalized spacial score (nSPS) is 21.7. The highest BCUT2D eigenvalue weighted by atomic mass is 19.4. The summed E-state index contributed by atoms with van der Waals surface area (Å²) < 4.78 is 39.8. The van der Waals surface area contributed by atoms with Crippen LogP contribution in [0.25, 0.3) is 11.1 Å². The van der Waals surface area contributed by atoms with E-state index >= 15 is 0 Å². The molecule has 3 nitrogen and oxygen atoms in total. The van der Waals surface area contributed by atoms with Gasteiger partial charge in [-0.25, -0.2) is 0 Å². The zero-order valence-corrected chi connectivity index (χ0v) is 14.7. The number of hydrogen-bond acceptors (Lipinski definition) is 2. The Kier molecular flexibility index (Phi) is 5.05. The summed E-state index contributed by atoms with van der Waals surface area (Å²) >= 11 is 0. The van der Waals surface area contributed by atoms with Crippen LogP contribution in [0.15, 0.2) is 54.6 Å². The lowest BCUT2D eigenvalue weighted by atomic mass is 10.0. The molecule has 0 aromatic heterocycles. The minimum atomic E-state index is -4.36. The molecule has 3 rings (SSSR count). The molecule has 2 aromatic rings. The molecule has 1 aliphatic heterocycles. The Morgan fingerprint density at radius 1 is 0.962 bits per heavy atom. The summed E-state index contributed by atoms with van der Waals surface area (Å²) in [5.41, 5.74) is 2.39. The van der Waals surface area contributed by atoms with Crippen LogP contribution >= 0.6 is 0 Å². The maximum absolute atomic E-state index is 13.3. The molecule has 0 saturated carbocycles. The molecule has 0 radical (unpaired) electrons. The van der Waals surface area contributed by atoms with Crippen LogP contribution in [0.4, 0.5) is 13.2 Å². The molecule has 138 valence electrons. The summed E-state index contributed by atoms with van der Waals surface area (Å²) in [4.78, 5) is 15.3. The van der Waals surface area contributed by atoms with Gasteiger partial charge in [0.05, 0.1) is 0 Å². The van der Waals surface area contributed by atoms with E-state index in [-0.39, 0.29) is 25.0 Å². The Labute approximate surface area is 151 Å². The van der Waals surface area contributed by atoms with Gasteiger partial charge in [-0.15, -0.1) is 0 Å². The number of carbonyl (C=O) groups is 1. The minimum absolute atomic E-state index is 0.280. The smallest absolute Gasteiger partial charge is 0.335 e. The average molecular weight is 362 g/mol. The number of alkyl halides is 3. The first-order chi connectivity index (χ1) is 12.3. The molecule has 2 atom stereocenters. The standard InChI is InChI=1S/C20H21F3N2O/c1-14-12-25(13-18(24(14)2)20(21,22)23)19(26)17-10-8-16(9-11-17)15-6-4-3-5-7-15/h3-11,14,18H,12-13H2,1-2H3. The molecule has 1 aliphatic rings. The summed E-state index contributed by atoms with van der Waals surface area (Å²) in [5.74, 6) is -0.362. The predicted molar refractivity (Wildman–Crippen MR) is 94.8 cm³/mol. The van der Waals surface area contributed by atoms with Crippen molar-refractivity contribution in [3.63, 3.8) is 0 Å². The molecule has 2 aromatic carbocycles. The lowest BCUT2D eigenvalue weighted by Gasteiger charge is -2.44. The molecule has 0 spiro atoms. The molecule has 1 fully saturated rings. The van der Waals surface area contributed by atoms with E-state index in [2.05, 4.69) is 0 Å². The van der Waals surface area contributed by atoms with Crippen LogP contribution in [0.1, 0.15) is 17.3 Å². The predicted octanol–water partition coefficient (Wildman–Crippen LogP) is 4.06. The highest BCUT2D eigenvalue weighted by Crippen LogP contribution is 2.30. The van der Waals surface area contributed by atoms with E-state index in [0.717, 1.165) is 11.1 Å². The highest BCUT2D eigenvalue weighted by molar-refractivity contribution is 5.94. The Morgan fingerprint density at radius 3 is 2.12 bits per heavy atom. The van der Waals surface area contributed by atoms with Gasteiger partial charge in [0, 0.05) is 24.7 Å². The second-order valence-corrected chi connectivity index (χ2v) is 6.73. The zero-order valence-electron chi connectivity index (χ0n) is 14.7. The van der Waals surface area contributed by atoms with E-state index in [9.17, 15) is 18.0 Å². The van der Waals surface area contributed by atoms with Crippen molar-refractivity contribution in [2.75, 3.05) is 20.1 Å². The summed E-state index contributed by atoms with van der Waals surface area (Å²) in [6.45, 7) is 1.64. The molecule has 2 unspecified atom stereocenters. The molecule has 1 saturated heterocycles. The fourth-order valence-corrected chi connectivity index (χ4v) is 3.29. The molecule has 0 bridgehead atoms. The van der Waals surface area contributed by atoms with E-state index in [1.165, 1.54) is 16.8 Å². The zero-order chi connectivity index (χ0) is 18.9. The van der Waals surface area contributed by atoms with E-state index in [4.69, 9.17) is 0 Å². The third-order valence-corrected chi connectivity index (χ3v) is 4.97. The molecule has 0 aliphatic carbocycles. The second-order valence-electron chi connectivity index (χ2n) is 6.73. The second kappa shape index (κ2) is 7.11. The van der Waals surface area contributed by atoms with Crippen LogP contribution < -0.4 is 0 Å². The van der Waals surface area contributed by atoms with Crippen molar-refractivity contribution in [1.82, 2.24) is 9.80 Å². The molecule has 0 N–H and O–H groups in total. The van der Waals surface area contributed by atoms with Crippen molar-refractivity contribution >= 4 is 5.91 Å². The van der Waals surface area contributed by atoms with E-state index in [1.807, 2.05) is 42.5 Å². The first kappa shape index (κ1) is 18.5. The minimum Gasteiger partial charge on any atom is -0.335 e. The summed E-state index contributed by atoms with van der Waals surface area (Å²) in [7, 11) is 1.46. The Morgan fingerprint density at radius 2 is 1.54 bits per heavy atom. The number of likely N-dealkylation sites (N-methyl/N-ethyl adjacent to an activating group) is 1. The van der Waals surface area contributed by atoms with Crippen molar-refractivity contribution in [2.45, 2.75) is 25.2 Å². The number of piperazine rings is 1. The largest absolute Gasteiger partial charge is 0.405 e. The van der Waals surface area contributed by atoms with Crippen LogP contribution in [-0.2, 0) is 0 Å². The highest BCUT2D eigenvalue weighted by Gasteiger charge is 2.47. The van der Waals surface area contributed by atoms with Crippen LogP contribution in [0.5, 0.6) is 0 Å². The maximum atomic E-state index is 13.3. The van der Waals surface area contributed by atoms with Gasteiger partial charge in [-0.05, 0) is 37.2 Å². The fourth-order valence-electron chi connectivity index (χ4n) is 3.29. The van der Waals surface area contributed by atoms with Crippen LogP contribution in [-0.4, -0.2) is 54.1 Å². The third kappa shape index (κ3) is 3.75. The van der Waals surface area contributed by atoms with Crippen molar-refractivity contribution in [1.29, 1.82) is 0 Å². The van der Waals surface area contributed by atoms with E-state index < -0.39 is 12.2 Å². The third-order valence-electron chi connectivity index (χ3n) is 4.97. The Hall–Kier alpha value is -2.34. The molecular weight excluding hydrogens is 341 g/mol. The summed E-state index contributed by atoms with van der Waals surface area (Å²) in [5, 5.41) is 0. The van der Waals surface area contributed by atoms with Crippen LogP contribution in [0, 0.1) is 0 Å². The lowest BCUT2D eigenvalue weighted by molar-refractivity contribution is -0.197. The van der Waals surface area contributed by atoms with Gasteiger partial charge in [0.2, 0.25) is 0 Å². The van der Waals surface area contributed by atoms with Crippen LogP contribution in [0.2, 0.25) is 0 Å². The van der Waals surface area contributed by atoms with Gasteiger partial charge in [-0.2, -0.15) is 13.2 Å². The molecular formula is C20H21F3N2O. The van der Waals surface area contributed by atoms with Gasteiger partial charge < -0.3 is 4.90 Å². The first-order valence-corrected chi connectivity index (χ1v) is 8.51. The van der Waals surface area contributed by atoms with E-state index in [1.54, 1.807) is 19.1 Å². The van der Waals surface area contributed by atoms with Crippen LogP contribution in [0.3, 0.4) is 0 Å². The first-order valence-electron chi connectivity index (χ1n) is 8.51. The Bertz CT molecular complexity index is 759. The van der Waals surface area contributed by atoms with Gasteiger partial charge in [0.25, 0.3) is 5.91 Å². The monoisotopic (exact) mass is 362 g/mol. The quantitative estimate of drug-likeness (QED) is 0.804. The van der Waals surface area contributed by atoms with Gasteiger partial charge >= 0.3 is 6.18 Å². The molecule has 1 amide bonds. The molecule has 26 heavy (non-hydrogen) atoms. The van der Waals surface area contributed by atoms with Gasteiger partial charge in [0.15, 0.2) is 0 Å². The van der Waals surface area contributed by atoms with Crippen molar-refractivity contribution in [2.24, 2.45) is 0 Å². The topological polar surface area (TPSA) is 23.6 Å². The number of carbonyl (C=O) groups excluding carboxylic acids is 1. The van der Waals surface area contributed by atoms with Gasteiger partial charge in [-0.3, -0.25) is 9.69 Å². The number of amides is 1. The van der Waals surface area contributed by atoms with Crippen molar-refractivity contribution in [3.05, 3.63) is 60.2 Å². The average Bonchev–Trinajstić information content (AvgIpc) is 2.63.